The molecule has 0 bridgehead atoms. The van der Waals surface area contributed by atoms with Crippen molar-refractivity contribution in [1.82, 2.24) is 14.8 Å². The molecule has 6 heteroatoms. The van der Waals surface area contributed by atoms with E-state index in [-0.39, 0.29) is 5.82 Å². The number of aryl methyl sites for hydroxylation is 2. The Labute approximate surface area is 167 Å². The van der Waals surface area contributed by atoms with Crippen LogP contribution in [0.1, 0.15) is 22.5 Å². The van der Waals surface area contributed by atoms with Gasteiger partial charge in [0.05, 0.1) is 18.4 Å². The highest BCUT2D eigenvalue weighted by atomic mass is 32.2. The molecule has 2 aromatic heterocycles. The lowest BCUT2D eigenvalue weighted by Gasteiger charge is -2.10. The van der Waals surface area contributed by atoms with Crippen molar-refractivity contribution in [1.29, 1.82) is 0 Å². The summed E-state index contributed by atoms with van der Waals surface area (Å²) in [5, 5.41) is 9.37. The minimum Gasteiger partial charge on any atom is -0.467 e. The number of aromatic nitrogens is 3. The van der Waals surface area contributed by atoms with Gasteiger partial charge in [-0.1, -0.05) is 47.7 Å². The molecule has 0 unspecified atom stereocenters. The van der Waals surface area contributed by atoms with E-state index in [0.717, 1.165) is 16.7 Å². The average Bonchev–Trinajstić information content (AvgIpc) is 3.34. The summed E-state index contributed by atoms with van der Waals surface area (Å²) < 4.78 is 21.8. The van der Waals surface area contributed by atoms with E-state index in [1.54, 1.807) is 36.2 Å². The van der Waals surface area contributed by atoms with E-state index >= 15 is 0 Å². The van der Waals surface area contributed by atoms with Gasteiger partial charge in [-0.25, -0.2) is 4.39 Å². The third kappa shape index (κ3) is 3.87. The van der Waals surface area contributed by atoms with E-state index < -0.39 is 0 Å². The van der Waals surface area contributed by atoms with Crippen LogP contribution in [0.4, 0.5) is 4.39 Å². The van der Waals surface area contributed by atoms with Gasteiger partial charge in [-0.2, -0.15) is 0 Å². The van der Waals surface area contributed by atoms with Crippen LogP contribution in [-0.4, -0.2) is 14.8 Å². The zero-order valence-corrected chi connectivity index (χ0v) is 16.5. The van der Waals surface area contributed by atoms with Crippen molar-refractivity contribution in [2.45, 2.75) is 31.3 Å². The summed E-state index contributed by atoms with van der Waals surface area (Å²) in [5.74, 6) is 1.71. The molecule has 0 saturated carbocycles. The molecule has 28 heavy (non-hydrogen) atoms. The number of thioether (sulfide) groups is 1. The first kappa shape index (κ1) is 18.5. The SMILES string of the molecule is Cc1ccc(C)c(CSc2nnc(-c3ccccc3F)n2Cc2ccco2)c1. The second-order valence-corrected chi connectivity index (χ2v) is 7.61. The molecular weight excluding hydrogens is 373 g/mol. The molecule has 0 saturated heterocycles. The van der Waals surface area contributed by atoms with E-state index in [0.29, 0.717) is 17.9 Å². The van der Waals surface area contributed by atoms with E-state index in [1.807, 2.05) is 16.7 Å². The normalized spacial score (nSPS) is 11.1. The molecule has 142 valence electrons. The lowest BCUT2D eigenvalue weighted by Crippen LogP contribution is -2.04. The number of halogens is 1. The van der Waals surface area contributed by atoms with Gasteiger partial charge in [-0.15, -0.1) is 10.2 Å². The van der Waals surface area contributed by atoms with E-state index in [1.165, 1.54) is 22.8 Å². The van der Waals surface area contributed by atoms with Crippen molar-refractivity contribution in [3.63, 3.8) is 0 Å². The Morgan fingerprint density at radius 2 is 1.89 bits per heavy atom. The van der Waals surface area contributed by atoms with Crippen LogP contribution in [0.15, 0.2) is 70.4 Å². The van der Waals surface area contributed by atoms with Crippen LogP contribution >= 0.6 is 11.8 Å². The number of benzene rings is 2. The van der Waals surface area contributed by atoms with Gasteiger partial charge in [0.25, 0.3) is 0 Å². The maximum Gasteiger partial charge on any atom is 0.192 e. The summed E-state index contributed by atoms with van der Waals surface area (Å²) in [7, 11) is 0. The van der Waals surface area contributed by atoms with Gasteiger partial charge in [0.15, 0.2) is 11.0 Å². The fourth-order valence-electron chi connectivity index (χ4n) is 3.04. The second kappa shape index (κ2) is 8.02. The Balaban J connectivity index is 1.68. The highest BCUT2D eigenvalue weighted by Crippen LogP contribution is 2.29. The van der Waals surface area contributed by atoms with Gasteiger partial charge in [-0.3, -0.25) is 4.57 Å². The fourth-order valence-corrected chi connectivity index (χ4v) is 4.04. The molecule has 2 heterocycles. The van der Waals surface area contributed by atoms with Gasteiger partial charge >= 0.3 is 0 Å². The van der Waals surface area contributed by atoms with Crippen LogP contribution < -0.4 is 0 Å². The van der Waals surface area contributed by atoms with Crippen LogP contribution in [0.5, 0.6) is 0 Å². The standard InChI is InChI=1S/C22H20FN3OS/c1-15-9-10-16(2)17(12-15)14-28-22-25-24-21(19-7-3-4-8-20(19)23)26(22)13-18-6-5-11-27-18/h3-12H,13-14H2,1-2H3. The van der Waals surface area contributed by atoms with Crippen molar-refractivity contribution in [2.24, 2.45) is 0 Å². The number of hydrogen-bond donors (Lipinski definition) is 0. The minimum atomic E-state index is -0.318. The summed E-state index contributed by atoms with van der Waals surface area (Å²) in [6.07, 6.45) is 1.63. The highest BCUT2D eigenvalue weighted by Gasteiger charge is 2.18. The predicted octanol–water partition coefficient (Wildman–Crippen LogP) is 5.63. The summed E-state index contributed by atoms with van der Waals surface area (Å²) in [6.45, 7) is 4.63. The third-order valence-electron chi connectivity index (χ3n) is 4.59. The van der Waals surface area contributed by atoms with Gasteiger partial charge in [0, 0.05) is 5.75 Å². The Hall–Kier alpha value is -2.86. The highest BCUT2D eigenvalue weighted by molar-refractivity contribution is 7.98. The summed E-state index contributed by atoms with van der Waals surface area (Å²) >= 11 is 1.59. The maximum absolute atomic E-state index is 14.4. The Morgan fingerprint density at radius 1 is 1.04 bits per heavy atom. The van der Waals surface area contributed by atoms with E-state index in [4.69, 9.17) is 4.42 Å². The quantitative estimate of drug-likeness (QED) is 0.398. The molecule has 0 N–H and O–H groups in total. The van der Waals surface area contributed by atoms with Crippen LogP contribution in [0.25, 0.3) is 11.4 Å². The molecule has 0 aliphatic rings. The molecule has 4 aromatic rings. The van der Waals surface area contributed by atoms with Crippen molar-refractivity contribution >= 4 is 11.8 Å². The molecule has 0 atom stereocenters. The minimum absolute atomic E-state index is 0.318. The van der Waals surface area contributed by atoms with Crippen molar-refractivity contribution in [2.75, 3.05) is 0 Å². The second-order valence-electron chi connectivity index (χ2n) is 6.67. The third-order valence-corrected chi connectivity index (χ3v) is 5.60. The number of hydrogen-bond acceptors (Lipinski definition) is 4. The van der Waals surface area contributed by atoms with Crippen molar-refractivity contribution < 1.29 is 8.81 Å². The molecule has 0 radical (unpaired) electrons. The molecular formula is C22H20FN3OS. The number of nitrogens with zero attached hydrogens (tertiary/aromatic N) is 3. The van der Waals surface area contributed by atoms with Gasteiger partial charge < -0.3 is 4.42 Å². The maximum atomic E-state index is 14.4. The summed E-state index contributed by atoms with van der Waals surface area (Å²) in [5.41, 5.74) is 4.15. The van der Waals surface area contributed by atoms with Gasteiger partial charge in [0.1, 0.15) is 11.6 Å². The predicted molar refractivity (Wildman–Crippen MR) is 109 cm³/mol. The van der Waals surface area contributed by atoms with E-state index in [2.05, 4.69) is 42.2 Å². The molecule has 0 amide bonds. The smallest absolute Gasteiger partial charge is 0.192 e. The van der Waals surface area contributed by atoms with Crippen LogP contribution in [0.3, 0.4) is 0 Å². The largest absolute Gasteiger partial charge is 0.467 e. The Bertz CT molecular complexity index is 1090. The molecule has 2 aromatic carbocycles. The van der Waals surface area contributed by atoms with Crippen LogP contribution in [-0.2, 0) is 12.3 Å². The lowest BCUT2D eigenvalue weighted by molar-refractivity contribution is 0.485. The first-order chi connectivity index (χ1) is 13.6. The first-order valence-corrected chi connectivity index (χ1v) is 10.00. The zero-order valence-electron chi connectivity index (χ0n) is 15.7. The summed E-state index contributed by atoms with van der Waals surface area (Å²) in [6, 6.07) is 16.8. The topological polar surface area (TPSA) is 43.9 Å². The van der Waals surface area contributed by atoms with Crippen molar-refractivity contribution in [3.8, 4) is 11.4 Å². The molecule has 4 nitrogen and oxygen atoms in total. The zero-order chi connectivity index (χ0) is 19.5. The monoisotopic (exact) mass is 393 g/mol. The summed E-state index contributed by atoms with van der Waals surface area (Å²) in [4.78, 5) is 0. The fraction of sp³-hybridized carbons (Fsp3) is 0.182. The van der Waals surface area contributed by atoms with Crippen LogP contribution in [0, 0.1) is 19.7 Å². The molecule has 4 rings (SSSR count). The van der Waals surface area contributed by atoms with Gasteiger partial charge in [-0.05, 0) is 49.2 Å². The molecule has 0 spiro atoms. The Morgan fingerprint density at radius 3 is 2.68 bits per heavy atom. The first-order valence-electron chi connectivity index (χ1n) is 9.01. The lowest BCUT2D eigenvalue weighted by atomic mass is 10.1. The molecule has 0 fully saturated rings. The van der Waals surface area contributed by atoms with Crippen molar-refractivity contribution in [3.05, 3.63) is 89.1 Å². The van der Waals surface area contributed by atoms with E-state index in [9.17, 15) is 4.39 Å². The van der Waals surface area contributed by atoms with Crippen LogP contribution in [0.2, 0.25) is 0 Å². The number of rotatable bonds is 6. The molecule has 0 aliphatic heterocycles. The molecule has 0 aliphatic carbocycles. The number of furan rings is 1. The Kier molecular flexibility index (Phi) is 5.30. The average molecular weight is 393 g/mol. The van der Waals surface area contributed by atoms with Gasteiger partial charge in [0.2, 0.25) is 0 Å².